The van der Waals surface area contributed by atoms with E-state index in [9.17, 15) is 0 Å². The summed E-state index contributed by atoms with van der Waals surface area (Å²) in [5.74, 6) is 0. The van der Waals surface area contributed by atoms with Crippen molar-refractivity contribution in [3.8, 4) is 11.1 Å². The normalized spacial score (nSPS) is 11.5. The van der Waals surface area contributed by atoms with Gasteiger partial charge in [0.15, 0.2) is 0 Å². The van der Waals surface area contributed by atoms with Crippen LogP contribution in [0.25, 0.3) is 11.1 Å². The zero-order valence-corrected chi connectivity index (χ0v) is 12.3. The van der Waals surface area contributed by atoms with Gasteiger partial charge in [-0.25, -0.2) is 0 Å². The maximum Gasteiger partial charge on any atom is 0.0775 e. The minimum absolute atomic E-state index is 0.785. The maximum absolute atomic E-state index is 5.89. The van der Waals surface area contributed by atoms with Crippen LogP contribution in [0, 0.1) is 0 Å². The molecule has 0 aromatic heterocycles. The monoisotopic (exact) mass is 260 g/mol. The Kier molecular flexibility index (Phi) is 3.41. The highest BCUT2D eigenvalue weighted by Gasteiger charge is 2.15. The fourth-order valence-electron chi connectivity index (χ4n) is 1.81. The molecule has 0 aliphatic rings. The number of hydrogen-bond donors (Lipinski definition) is 0. The van der Waals surface area contributed by atoms with Gasteiger partial charge in [0.2, 0.25) is 0 Å². The van der Waals surface area contributed by atoms with Gasteiger partial charge in [0.25, 0.3) is 0 Å². The lowest BCUT2D eigenvalue weighted by Gasteiger charge is -2.16. The molecule has 2 heteroatoms. The minimum Gasteiger partial charge on any atom is -0.0843 e. The zero-order chi connectivity index (χ0) is 12.5. The van der Waals surface area contributed by atoms with Crippen LogP contribution in [0.4, 0.5) is 0 Å². The maximum atomic E-state index is 5.89. The summed E-state index contributed by atoms with van der Waals surface area (Å²) in [7, 11) is -1.19. The molecule has 0 unspecified atom stereocenters. The van der Waals surface area contributed by atoms with Gasteiger partial charge in [-0.3, -0.25) is 0 Å². The molecule has 0 heterocycles. The molecule has 2 aromatic carbocycles. The third-order valence-corrected chi connectivity index (χ3v) is 5.25. The van der Waals surface area contributed by atoms with Gasteiger partial charge in [0.05, 0.1) is 8.07 Å². The van der Waals surface area contributed by atoms with Crippen LogP contribution in [0.3, 0.4) is 0 Å². The van der Waals surface area contributed by atoms with Crippen LogP contribution in [-0.2, 0) is 0 Å². The molecule has 0 amide bonds. The van der Waals surface area contributed by atoms with Crippen LogP contribution in [0.1, 0.15) is 0 Å². The smallest absolute Gasteiger partial charge is 0.0775 e. The fourth-order valence-corrected chi connectivity index (χ4v) is 3.10. The van der Waals surface area contributed by atoms with Crippen LogP contribution in [-0.4, -0.2) is 8.07 Å². The van der Waals surface area contributed by atoms with Gasteiger partial charge in [0.1, 0.15) is 0 Å². The Hall–Kier alpha value is -1.05. The van der Waals surface area contributed by atoms with Gasteiger partial charge < -0.3 is 0 Å². The first-order chi connectivity index (χ1) is 7.97. The highest BCUT2D eigenvalue weighted by Crippen LogP contribution is 2.21. The second-order valence-corrected chi connectivity index (χ2v) is 10.8. The molecule has 0 atom stereocenters. The Labute approximate surface area is 109 Å². The fraction of sp³-hybridized carbons (Fsp3) is 0.200. The van der Waals surface area contributed by atoms with Crippen molar-refractivity contribution in [1.29, 1.82) is 0 Å². The first-order valence-corrected chi connectivity index (χ1v) is 9.71. The predicted octanol–water partition coefficient (Wildman–Crippen LogP) is 4.55. The van der Waals surface area contributed by atoms with E-state index in [2.05, 4.69) is 56.0 Å². The molecule has 0 spiro atoms. The highest BCUT2D eigenvalue weighted by molar-refractivity contribution is 6.88. The van der Waals surface area contributed by atoms with E-state index in [0.29, 0.717) is 0 Å². The van der Waals surface area contributed by atoms with Crippen LogP contribution < -0.4 is 5.19 Å². The summed E-state index contributed by atoms with van der Waals surface area (Å²) in [5, 5.41) is 2.28. The molecule has 88 valence electrons. The second kappa shape index (κ2) is 4.67. The average molecular weight is 261 g/mol. The van der Waals surface area contributed by atoms with Crippen LogP contribution in [0.2, 0.25) is 24.7 Å². The lowest BCUT2D eigenvalue weighted by Crippen LogP contribution is -2.37. The molecular weight excluding hydrogens is 244 g/mol. The lowest BCUT2D eigenvalue weighted by atomic mass is 10.1. The number of rotatable bonds is 2. The Bertz CT molecular complexity index is 492. The highest BCUT2D eigenvalue weighted by atomic mass is 35.5. The third-order valence-electron chi connectivity index (χ3n) is 2.93. The first-order valence-electron chi connectivity index (χ1n) is 5.83. The Balaban J connectivity index is 2.33. The van der Waals surface area contributed by atoms with E-state index in [4.69, 9.17) is 11.6 Å². The van der Waals surface area contributed by atoms with Gasteiger partial charge in [0, 0.05) is 5.02 Å². The number of benzene rings is 2. The van der Waals surface area contributed by atoms with E-state index in [1.54, 1.807) is 0 Å². The van der Waals surface area contributed by atoms with E-state index < -0.39 is 8.07 Å². The van der Waals surface area contributed by atoms with Crippen molar-refractivity contribution in [2.45, 2.75) is 19.6 Å². The molecule has 0 saturated carbocycles. The summed E-state index contributed by atoms with van der Waals surface area (Å²) < 4.78 is 0. The number of hydrogen-bond acceptors (Lipinski definition) is 0. The molecule has 0 aliphatic carbocycles. The van der Waals surface area contributed by atoms with Gasteiger partial charge in [-0.1, -0.05) is 72.8 Å². The van der Waals surface area contributed by atoms with E-state index in [-0.39, 0.29) is 0 Å². The summed E-state index contributed by atoms with van der Waals surface area (Å²) in [6.07, 6.45) is 0. The standard InChI is InChI=1S/C15H17ClSi/c1-17(2,3)15-10-6-13(7-11-15)12-4-8-14(16)9-5-12/h4-11H,1-3H3. The summed E-state index contributed by atoms with van der Waals surface area (Å²) in [4.78, 5) is 0. The van der Waals surface area contributed by atoms with E-state index in [1.807, 2.05) is 12.1 Å². The average Bonchev–Trinajstić information content (AvgIpc) is 2.29. The number of halogens is 1. The largest absolute Gasteiger partial charge is 0.0843 e. The van der Waals surface area contributed by atoms with Crippen LogP contribution in [0.15, 0.2) is 48.5 Å². The molecule has 2 aromatic rings. The van der Waals surface area contributed by atoms with Crippen molar-refractivity contribution in [3.63, 3.8) is 0 Å². The van der Waals surface area contributed by atoms with E-state index in [1.165, 1.54) is 16.3 Å². The van der Waals surface area contributed by atoms with Gasteiger partial charge in [-0.15, -0.1) is 0 Å². The van der Waals surface area contributed by atoms with Crippen molar-refractivity contribution in [2.75, 3.05) is 0 Å². The topological polar surface area (TPSA) is 0 Å². The minimum atomic E-state index is -1.19. The molecule has 17 heavy (non-hydrogen) atoms. The van der Waals surface area contributed by atoms with Crippen molar-refractivity contribution < 1.29 is 0 Å². The van der Waals surface area contributed by atoms with Crippen LogP contribution in [0.5, 0.6) is 0 Å². The zero-order valence-electron chi connectivity index (χ0n) is 10.5. The summed E-state index contributed by atoms with van der Waals surface area (Å²) in [6.45, 7) is 7.10. The molecule has 0 N–H and O–H groups in total. The van der Waals surface area contributed by atoms with E-state index in [0.717, 1.165) is 5.02 Å². The molecule has 2 rings (SSSR count). The molecular formula is C15H17ClSi. The molecule has 0 radical (unpaired) electrons. The summed E-state index contributed by atoms with van der Waals surface area (Å²) >= 11 is 5.89. The lowest BCUT2D eigenvalue weighted by molar-refractivity contribution is 1.62. The van der Waals surface area contributed by atoms with Gasteiger partial charge in [-0.2, -0.15) is 0 Å². The summed E-state index contributed by atoms with van der Waals surface area (Å²) in [6, 6.07) is 16.9. The Morgan fingerprint density at radius 2 is 1.12 bits per heavy atom. The Morgan fingerprint density at radius 3 is 1.53 bits per heavy atom. The van der Waals surface area contributed by atoms with Crippen molar-refractivity contribution in [1.82, 2.24) is 0 Å². The molecule has 0 aliphatic heterocycles. The summed E-state index contributed by atoms with van der Waals surface area (Å²) in [5.41, 5.74) is 2.47. The molecule has 0 nitrogen and oxygen atoms in total. The molecule has 0 saturated heterocycles. The quantitative estimate of drug-likeness (QED) is 0.695. The van der Waals surface area contributed by atoms with E-state index >= 15 is 0 Å². The second-order valence-electron chi connectivity index (χ2n) is 5.33. The van der Waals surface area contributed by atoms with Gasteiger partial charge in [-0.05, 0) is 23.3 Å². The van der Waals surface area contributed by atoms with Gasteiger partial charge >= 0.3 is 0 Å². The Morgan fingerprint density at radius 1 is 0.706 bits per heavy atom. The van der Waals surface area contributed by atoms with Crippen molar-refractivity contribution in [2.24, 2.45) is 0 Å². The first kappa shape index (κ1) is 12.4. The van der Waals surface area contributed by atoms with Crippen molar-refractivity contribution >= 4 is 24.9 Å². The van der Waals surface area contributed by atoms with Crippen molar-refractivity contribution in [3.05, 3.63) is 53.6 Å². The molecule has 0 fully saturated rings. The predicted molar refractivity (Wildman–Crippen MR) is 79.9 cm³/mol. The third kappa shape index (κ3) is 2.99. The SMILES string of the molecule is C[Si](C)(C)c1ccc(-c2ccc(Cl)cc2)cc1. The van der Waals surface area contributed by atoms with Crippen LogP contribution >= 0.6 is 11.6 Å². The molecule has 0 bridgehead atoms.